The van der Waals surface area contributed by atoms with E-state index in [1.807, 2.05) is 0 Å². The molecule has 0 bridgehead atoms. The lowest BCUT2D eigenvalue weighted by atomic mass is 10.0. The summed E-state index contributed by atoms with van der Waals surface area (Å²) in [5.41, 5.74) is 2.75. The van der Waals surface area contributed by atoms with Crippen molar-refractivity contribution in [1.82, 2.24) is 0 Å². The van der Waals surface area contributed by atoms with Crippen molar-refractivity contribution in [2.45, 2.75) is 26.4 Å². The quantitative estimate of drug-likeness (QED) is 0.718. The predicted octanol–water partition coefficient (Wildman–Crippen LogP) is 4.22. The van der Waals surface area contributed by atoms with Crippen LogP contribution in [-0.2, 0) is 6.61 Å². The van der Waals surface area contributed by atoms with E-state index in [0.29, 0.717) is 41.6 Å². The minimum absolute atomic E-state index is 0.378. The molecule has 2 rings (SSSR count). The van der Waals surface area contributed by atoms with Crippen LogP contribution < -0.4 is 14.2 Å². The number of hydrogen-bond acceptors (Lipinski definition) is 4. The average molecular weight is 314 g/mol. The highest BCUT2D eigenvalue weighted by molar-refractivity contribution is 5.84. The molecule has 0 fully saturated rings. The van der Waals surface area contributed by atoms with Crippen molar-refractivity contribution in [2.75, 3.05) is 14.2 Å². The molecule has 0 unspecified atom stereocenters. The van der Waals surface area contributed by atoms with Crippen LogP contribution in [-0.4, -0.2) is 20.5 Å². The third-order valence-corrected chi connectivity index (χ3v) is 3.69. The first kappa shape index (κ1) is 16.9. The molecule has 0 saturated carbocycles. The Balaban J connectivity index is 2.15. The van der Waals surface area contributed by atoms with E-state index in [2.05, 4.69) is 38.1 Å². The molecule has 0 N–H and O–H groups in total. The zero-order chi connectivity index (χ0) is 16.8. The van der Waals surface area contributed by atoms with Gasteiger partial charge in [-0.25, -0.2) is 0 Å². The molecule has 2 aromatic rings. The van der Waals surface area contributed by atoms with E-state index in [1.54, 1.807) is 12.1 Å². The summed E-state index contributed by atoms with van der Waals surface area (Å²) >= 11 is 0. The number of rotatable bonds is 7. The molecule has 0 aliphatic rings. The molecule has 0 aliphatic carbocycles. The number of benzene rings is 2. The van der Waals surface area contributed by atoms with Crippen molar-refractivity contribution in [1.29, 1.82) is 0 Å². The van der Waals surface area contributed by atoms with E-state index >= 15 is 0 Å². The van der Waals surface area contributed by atoms with Gasteiger partial charge in [0.25, 0.3) is 0 Å². The Morgan fingerprint density at radius 3 is 2.00 bits per heavy atom. The summed E-state index contributed by atoms with van der Waals surface area (Å²) in [5, 5.41) is 0. The molecule has 4 heteroatoms. The van der Waals surface area contributed by atoms with Crippen LogP contribution in [0.25, 0.3) is 0 Å². The van der Waals surface area contributed by atoms with Gasteiger partial charge in [0.2, 0.25) is 0 Å². The molecule has 0 saturated heterocycles. The van der Waals surface area contributed by atoms with Gasteiger partial charge in [-0.15, -0.1) is 0 Å². The van der Waals surface area contributed by atoms with Crippen LogP contribution in [0.5, 0.6) is 17.2 Å². The monoisotopic (exact) mass is 314 g/mol. The number of carbonyl (C=O) groups excluding carboxylic acids is 1. The van der Waals surface area contributed by atoms with Crippen molar-refractivity contribution in [3.63, 3.8) is 0 Å². The summed E-state index contributed by atoms with van der Waals surface area (Å²) in [6.07, 6.45) is 0.714. The first-order valence-corrected chi connectivity index (χ1v) is 7.51. The maximum Gasteiger partial charge on any atom is 0.157 e. The minimum atomic E-state index is 0.378. The predicted molar refractivity (Wildman–Crippen MR) is 89.8 cm³/mol. The molecule has 0 radical (unpaired) electrons. The number of carbonyl (C=O) groups is 1. The summed E-state index contributed by atoms with van der Waals surface area (Å²) in [7, 11) is 3.02. The lowest BCUT2D eigenvalue weighted by Crippen LogP contribution is -2.00. The lowest BCUT2D eigenvalue weighted by molar-refractivity contribution is 0.111. The van der Waals surface area contributed by atoms with Crippen molar-refractivity contribution in [3.8, 4) is 17.2 Å². The van der Waals surface area contributed by atoms with E-state index in [9.17, 15) is 4.79 Å². The molecule has 4 nitrogen and oxygen atoms in total. The fourth-order valence-corrected chi connectivity index (χ4v) is 2.28. The van der Waals surface area contributed by atoms with Gasteiger partial charge in [-0.3, -0.25) is 4.79 Å². The van der Waals surface area contributed by atoms with E-state index < -0.39 is 0 Å². The molecule has 23 heavy (non-hydrogen) atoms. The van der Waals surface area contributed by atoms with Gasteiger partial charge in [0.1, 0.15) is 23.9 Å². The van der Waals surface area contributed by atoms with Gasteiger partial charge in [-0.05, 0) is 17.0 Å². The van der Waals surface area contributed by atoms with E-state index in [4.69, 9.17) is 14.2 Å². The maximum atomic E-state index is 11.1. The van der Waals surface area contributed by atoms with Gasteiger partial charge in [0.05, 0.1) is 19.8 Å². The maximum absolute atomic E-state index is 11.1. The fourth-order valence-electron chi connectivity index (χ4n) is 2.28. The van der Waals surface area contributed by atoms with Gasteiger partial charge < -0.3 is 14.2 Å². The second kappa shape index (κ2) is 7.68. The Kier molecular flexibility index (Phi) is 5.63. The summed E-state index contributed by atoms with van der Waals surface area (Å²) in [4.78, 5) is 11.1. The normalized spacial score (nSPS) is 10.5. The van der Waals surface area contributed by atoms with E-state index in [-0.39, 0.29) is 0 Å². The Bertz CT molecular complexity index is 635. The lowest BCUT2D eigenvalue weighted by Gasteiger charge is -2.13. The molecule has 2 aromatic carbocycles. The molecule has 122 valence electrons. The van der Waals surface area contributed by atoms with Gasteiger partial charge in [-0.2, -0.15) is 0 Å². The molecule has 0 amide bonds. The number of aldehydes is 1. The standard InChI is InChI=1S/C19H22O4/c1-13(2)15-7-5-14(6-8-15)12-23-16-9-18(21-3)17(11-20)19(10-16)22-4/h5-11,13H,12H2,1-4H3. The smallest absolute Gasteiger partial charge is 0.157 e. The topological polar surface area (TPSA) is 44.8 Å². The zero-order valence-corrected chi connectivity index (χ0v) is 14.0. The molecule has 0 spiro atoms. The van der Waals surface area contributed by atoms with Gasteiger partial charge in [0.15, 0.2) is 6.29 Å². The second-order valence-corrected chi connectivity index (χ2v) is 5.54. The Morgan fingerprint density at radius 2 is 1.57 bits per heavy atom. The molecule has 0 aromatic heterocycles. The third kappa shape index (κ3) is 4.03. The Hall–Kier alpha value is -2.49. The summed E-state index contributed by atoms with van der Waals surface area (Å²) in [6.45, 7) is 4.77. The number of hydrogen-bond donors (Lipinski definition) is 0. The number of ether oxygens (including phenoxy) is 3. The van der Waals surface area contributed by atoms with Gasteiger partial charge >= 0.3 is 0 Å². The van der Waals surface area contributed by atoms with E-state index in [1.165, 1.54) is 19.8 Å². The highest BCUT2D eigenvalue weighted by Gasteiger charge is 2.12. The Labute approximate surface area is 137 Å². The summed E-state index contributed by atoms with van der Waals surface area (Å²) < 4.78 is 16.2. The highest BCUT2D eigenvalue weighted by Crippen LogP contribution is 2.33. The van der Waals surface area contributed by atoms with Crippen molar-refractivity contribution >= 4 is 6.29 Å². The van der Waals surface area contributed by atoms with Crippen LogP contribution in [0.2, 0.25) is 0 Å². The van der Waals surface area contributed by atoms with E-state index in [0.717, 1.165) is 5.56 Å². The molecular weight excluding hydrogens is 292 g/mol. The first-order valence-electron chi connectivity index (χ1n) is 7.51. The highest BCUT2D eigenvalue weighted by atomic mass is 16.5. The number of methoxy groups -OCH3 is 2. The first-order chi connectivity index (χ1) is 11.1. The SMILES string of the molecule is COc1cc(OCc2ccc(C(C)C)cc2)cc(OC)c1C=O. The molecule has 0 atom stereocenters. The molecule has 0 aliphatic heterocycles. The van der Waals surface area contributed by atoms with Crippen LogP contribution in [0.3, 0.4) is 0 Å². The zero-order valence-electron chi connectivity index (χ0n) is 14.0. The van der Waals surface area contributed by atoms with Crippen LogP contribution in [0.1, 0.15) is 41.3 Å². The second-order valence-electron chi connectivity index (χ2n) is 5.54. The van der Waals surface area contributed by atoms with Crippen molar-refractivity contribution in [2.24, 2.45) is 0 Å². The van der Waals surface area contributed by atoms with Crippen LogP contribution in [0, 0.1) is 0 Å². The van der Waals surface area contributed by atoms with Crippen molar-refractivity contribution < 1.29 is 19.0 Å². The largest absolute Gasteiger partial charge is 0.496 e. The molecule has 0 heterocycles. The van der Waals surface area contributed by atoms with Crippen LogP contribution in [0.4, 0.5) is 0 Å². The fraction of sp³-hybridized carbons (Fsp3) is 0.316. The summed E-state index contributed by atoms with van der Waals surface area (Å²) in [6, 6.07) is 11.7. The van der Waals surface area contributed by atoms with Gasteiger partial charge in [-0.1, -0.05) is 38.1 Å². The van der Waals surface area contributed by atoms with Crippen molar-refractivity contribution in [3.05, 3.63) is 53.1 Å². The van der Waals surface area contributed by atoms with Crippen LogP contribution in [0.15, 0.2) is 36.4 Å². The summed E-state index contributed by atoms with van der Waals surface area (Å²) in [5.74, 6) is 1.97. The third-order valence-electron chi connectivity index (χ3n) is 3.69. The van der Waals surface area contributed by atoms with Crippen LogP contribution >= 0.6 is 0 Å². The average Bonchev–Trinajstić information content (AvgIpc) is 2.59. The molecular formula is C19H22O4. The van der Waals surface area contributed by atoms with Gasteiger partial charge in [0, 0.05) is 12.1 Å². The Morgan fingerprint density at radius 1 is 1.00 bits per heavy atom. The minimum Gasteiger partial charge on any atom is -0.496 e.